The maximum Gasteiger partial charge on any atom is 0.345 e. The van der Waals surface area contributed by atoms with Crippen LogP contribution in [0.2, 0.25) is 0 Å². The first-order valence-electron chi connectivity index (χ1n) is 6.08. The van der Waals surface area contributed by atoms with Gasteiger partial charge in [0.15, 0.2) is 0 Å². The molecule has 0 saturated carbocycles. The highest BCUT2D eigenvalue weighted by molar-refractivity contribution is 7.89. The van der Waals surface area contributed by atoms with Gasteiger partial charge >= 0.3 is 5.97 Å². The fraction of sp³-hybridized carbons (Fsp3) is 0.231. The Kier molecular flexibility index (Phi) is 4.40. The summed E-state index contributed by atoms with van der Waals surface area (Å²) in [5, 5.41) is 8.93. The van der Waals surface area contributed by atoms with Gasteiger partial charge in [-0.25, -0.2) is 17.9 Å². The molecule has 0 radical (unpaired) electrons. The van der Waals surface area contributed by atoms with E-state index in [4.69, 9.17) is 5.11 Å². The molecule has 1 unspecified atom stereocenters. The van der Waals surface area contributed by atoms with E-state index in [1.54, 1.807) is 38.2 Å². The zero-order chi connectivity index (χ0) is 15.6. The number of carbonyl (C=O) groups is 1. The molecule has 8 heteroatoms. The van der Waals surface area contributed by atoms with Crippen LogP contribution in [0.15, 0.2) is 35.4 Å². The average molecular weight is 326 g/mol. The molecule has 6 nitrogen and oxygen atoms in total. The number of aromatic nitrogens is 1. The summed E-state index contributed by atoms with van der Waals surface area (Å²) >= 11 is 0.938. The Labute approximate surface area is 126 Å². The largest absolute Gasteiger partial charge is 0.477 e. The summed E-state index contributed by atoms with van der Waals surface area (Å²) in [7, 11) is -3.79. The van der Waals surface area contributed by atoms with Crippen molar-refractivity contribution in [1.29, 1.82) is 0 Å². The van der Waals surface area contributed by atoms with Crippen LogP contribution in [0.25, 0.3) is 0 Å². The van der Waals surface area contributed by atoms with E-state index in [9.17, 15) is 13.2 Å². The van der Waals surface area contributed by atoms with Crippen LogP contribution in [0.4, 0.5) is 0 Å². The van der Waals surface area contributed by atoms with E-state index in [1.165, 1.54) is 6.07 Å². The highest BCUT2D eigenvalue weighted by Crippen LogP contribution is 2.26. The van der Waals surface area contributed by atoms with Crippen molar-refractivity contribution >= 4 is 27.3 Å². The average Bonchev–Trinajstić information content (AvgIpc) is 2.82. The molecule has 112 valence electrons. The van der Waals surface area contributed by atoms with Crippen LogP contribution in [0.5, 0.6) is 0 Å². The maximum absolute atomic E-state index is 12.3. The number of nitrogens with zero attached hydrogens (tertiary/aromatic N) is 1. The zero-order valence-electron chi connectivity index (χ0n) is 11.4. The Morgan fingerprint density at radius 3 is 2.67 bits per heavy atom. The summed E-state index contributed by atoms with van der Waals surface area (Å²) in [5.41, 5.74) is 0.590. The molecule has 1 atom stereocenters. The smallest absolute Gasteiger partial charge is 0.345 e. The first-order chi connectivity index (χ1) is 9.81. The van der Waals surface area contributed by atoms with Crippen molar-refractivity contribution < 1.29 is 18.3 Å². The van der Waals surface area contributed by atoms with E-state index in [-0.39, 0.29) is 9.77 Å². The molecule has 0 bridgehead atoms. The number of sulfonamides is 1. The van der Waals surface area contributed by atoms with Gasteiger partial charge in [0.25, 0.3) is 0 Å². The van der Waals surface area contributed by atoms with Gasteiger partial charge in [0, 0.05) is 11.1 Å². The van der Waals surface area contributed by atoms with Crippen LogP contribution in [-0.4, -0.2) is 24.5 Å². The van der Waals surface area contributed by atoms with Crippen molar-refractivity contribution in [3.63, 3.8) is 0 Å². The quantitative estimate of drug-likeness (QED) is 0.878. The fourth-order valence-corrected chi connectivity index (χ4v) is 4.47. The van der Waals surface area contributed by atoms with E-state index in [0.717, 1.165) is 11.3 Å². The molecule has 0 amide bonds. The first-order valence-corrected chi connectivity index (χ1v) is 8.38. The summed E-state index contributed by atoms with van der Waals surface area (Å²) in [4.78, 5) is 15.4. The lowest BCUT2D eigenvalue weighted by Gasteiger charge is -2.13. The number of carboxylic acid groups (broad SMARTS) is 1. The molecular formula is C13H14N2O4S2. The molecule has 0 fully saturated rings. The molecule has 2 aromatic heterocycles. The lowest BCUT2D eigenvalue weighted by molar-refractivity contribution is 0.0702. The summed E-state index contributed by atoms with van der Waals surface area (Å²) in [5.74, 6) is -1.14. The van der Waals surface area contributed by atoms with Crippen molar-refractivity contribution in [2.75, 3.05) is 0 Å². The number of thiophene rings is 1. The second kappa shape index (κ2) is 5.92. The summed E-state index contributed by atoms with van der Waals surface area (Å²) in [6.45, 7) is 3.26. The topological polar surface area (TPSA) is 96.4 Å². The monoisotopic (exact) mass is 326 g/mol. The zero-order valence-corrected chi connectivity index (χ0v) is 13.0. The fourth-order valence-electron chi connectivity index (χ4n) is 1.83. The summed E-state index contributed by atoms with van der Waals surface area (Å²) in [6, 6.07) is 5.90. The van der Waals surface area contributed by atoms with Gasteiger partial charge in [0.05, 0.1) is 16.6 Å². The third-order valence-corrected chi connectivity index (χ3v) is 5.67. The molecule has 0 aromatic carbocycles. The van der Waals surface area contributed by atoms with Gasteiger partial charge in [-0.05, 0) is 32.0 Å². The standard InChI is InChI=1S/C13H14N2O4S2/c1-8(10-5-3-4-6-14-10)15-21(18,19)12-7-11(13(16)17)20-9(12)2/h3-8,15H,1-2H3,(H,16,17). The highest BCUT2D eigenvalue weighted by Gasteiger charge is 2.24. The Bertz CT molecular complexity index is 754. The van der Waals surface area contributed by atoms with Crippen LogP contribution in [0.3, 0.4) is 0 Å². The second-order valence-corrected chi connectivity index (χ2v) is 7.37. The molecule has 2 aromatic rings. The van der Waals surface area contributed by atoms with Crippen molar-refractivity contribution in [1.82, 2.24) is 9.71 Å². The molecule has 0 aliphatic heterocycles. The predicted molar refractivity (Wildman–Crippen MR) is 79.0 cm³/mol. The molecule has 2 rings (SSSR count). The Balaban J connectivity index is 2.29. The molecule has 2 heterocycles. The molecular weight excluding hydrogens is 312 g/mol. The molecule has 0 spiro atoms. The van der Waals surface area contributed by atoms with E-state index in [0.29, 0.717) is 10.6 Å². The van der Waals surface area contributed by atoms with Crippen molar-refractivity contribution in [3.8, 4) is 0 Å². The van der Waals surface area contributed by atoms with Crippen molar-refractivity contribution in [2.45, 2.75) is 24.8 Å². The molecule has 2 N–H and O–H groups in total. The van der Waals surface area contributed by atoms with Gasteiger partial charge < -0.3 is 5.11 Å². The summed E-state index contributed by atoms with van der Waals surface area (Å²) in [6.07, 6.45) is 1.58. The van der Waals surface area contributed by atoms with Gasteiger partial charge in [-0.15, -0.1) is 11.3 Å². The van der Waals surface area contributed by atoms with Crippen molar-refractivity contribution in [3.05, 3.63) is 45.9 Å². The number of nitrogens with one attached hydrogen (secondary N) is 1. The van der Waals surface area contributed by atoms with Gasteiger partial charge in [-0.2, -0.15) is 0 Å². The van der Waals surface area contributed by atoms with Crippen LogP contribution in [0.1, 0.15) is 33.2 Å². The van der Waals surface area contributed by atoms with E-state index in [2.05, 4.69) is 9.71 Å². The second-order valence-electron chi connectivity index (χ2n) is 4.43. The van der Waals surface area contributed by atoms with Crippen LogP contribution < -0.4 is 4.72 Å². The summed E-state index contributed by atoms with van der Waals surface area (Å²) < 4.78 is 27.2. The van der Waals surface area contributed by atoms with E-state index >= 15 is 0 Å². The van der Waals surface area contributed by atoms with Crippen molar-refractivity contribution in [2.24, 2.45) is 0 Å². The Morgan fingerprint density at radius 2 is 2.14 bits per heavy atom. The van der Waals surface area contributed by atoms with Crippen LogP contribution in [0, 0.1) is 6.92 Å². The number of pyridine rings is 1. The van der Waals surface area contributed by atoms with Crippen LogP contribution in [-0.2, 0) is 10.0 Å². The molecule has 0 aliphatic carbocycles. The van der Waals surface area contributed by atoms with Gasteiger partial charge in [0.2, 0.25) is 10.0 Å². The Morgan fingerprint density at radius 1 is 1.43 bits per heavy atom. The maximum atomic E-state index is 12.3. The first kappa shape index (κ1) is 15.6. The minimum atomic E-state index is -3.79. The molecule has 0 aliphatic rings. The number of hydrogen-bond acceptors (Lipinski definition) is 5. The predicted octanol–water partition coefficient (Wildman–Crippen LogP) is 2.19. The third kappa shape index (κ3) is 3.46. The van der Waals surface area contributed by atoms with Gasteiger partial charge in [-0.3, -0.25) is 4.98 Å². The van der Waals surface area contributed by atoms with Gasteiger partial charge in [0.1, 0.15) is 4.88 Å². The number of hydrogen-bond donors (Lipinski definition) is 2. The number of aryl methyl sites for hydroxylation is 1. The number of carboxylic acids is 1. The lowest BCUT2D eigenvalue weighted by Crippen LogP contribution is -2.27. The normalized spacial score (nSPS) is 13.0. The van der Waals surface area contributed by atoms with E-state index < -0.39 is 22.0 Å². The Hall–Kier alpha value is -1.77. The van der Waals surface area contributed by atoms with Gasteiger partial charge in [-0.1, -0.05) is 6.07 Å². The minimum absolute atomic E-state index is 0.00151. The van der Waals surface area contributed by atoms with E-state index in [1.807, 2.05) is 0 Å². The SMILES string of the molecule is Cc1sc(C(=O)O)cc1S(=O)(=O)NC(C)c1ccccn1. The third-order valence-electron chi connectivity index (χ3n) is 2.84. The number of aromatic carboxylic acids is 1. The van der Waals surface area contributed by atoms with Crippen LogP contribution >= 0.6 is 11.3 Å². The molecule has 21 heavy (non-hydrogen) atoms. The minimum Gasteiger partial charge on any atom is -0.477 e. The highest BCUT2D eigenvalue weighted by atomic mass is 32.2. The molecule has 0 saturated heterocycles. The number of rotatable bonds is 5. The lowest BCUT2D eigenvalue weighted by atomic mass is 10.2.